The highest BCUT2D eigenvalue weighted by molar-refractivity contribution is 6.28. The second-order valence-electron chi connectivity index (χ2n) is 12.9. The van der Waals surface area contributed by atoms with Crippen LogP contribution in [0.5, 0.6) is 0 Å². The summed E-state index contributed by atoms with van der Waals surface area (Å²) in [7, 11) is 0. The Labute approximate surface area is 255 Å². The van der Waals surface area contributed by atoms with Crippen LogP contribution < -0.4 is 0 Å². The van der Waals surface area contributed by atoms with Crippen molar-refractivity contribution in [2.24, 2.45) is 0 Å². The maximum Gasteiger partial charge on any atom is 0.136 e. The summed E-state index contributed by atoms with van der Waals surface area (Å²) >= 11 is 0. The maximum absolute atomic E-state index is 6.35. The average molecular weight is 561 g/mol. The summed E-state index contributed by atoms with van der Waals surface area (Å²) in [6.45, 7) is 4.74. The highest BCUT2D eigenvalue weighted by Gasteiger charge is 2.37. The molecule has 0 saturated heterocycles. The number of fused-ring (bicyclic) bond motifs is 14. The molecule has 1 aliphatic rings. The quantitative estimate of drug-likeness (QED) is 0.182. The lowest BCUT2D eigenvalue weighted by Gasteiger charge is -2.23. The van der Waals surface area contributed by atoms with E-state index in [2.05, 4.69) is 141 Å². The summed E-state index contributed by atoms with van der Waals surface area (Å²) in [6, 6.07) is 49.2. The zero-order valence-electron chi connectivity index (χ0n) is 24.6. The Morgan fingerprint density at radius 1 is 0.386 bits per heavy atom. The van der Waals surface area contributed by atoms with Gasteiger partial charge in [-0.15, -0.1) is 0 Å². The van der Waals surface area contributed by atoms with Crippen molar-refractivity contribution in [3.05, 3.63) is 145 Å². The van der Waals surface area contributed by atoms with E-state index in [1.807, 2.05) is 6.07 Å². The highest BCUT2D eigenvalue weighted by Crippen LogP contribution is 2.53. The molecule has 1 heteroatoms. The third kappa shape index (κ3) is 3.04. The average Bonchev–Trinajstić information content (AvgIpc) is 3.55. The third-order valence-electron chi connectivity index (χ3n) is 10.2. The summed E-state index contributed by atoms with van der Waals surface area (Å²) in [6.07, 6.45) is 0. The van der Waals surface area contributed by atoms with Crippen molar-refractivity contribution in [2.45, 2.75) is 19.3 Å². The van der Waals surface area contributed by atoms with Gasteiger partial charge in [0.05, 0.1) is 0 Å². The van der Waals surface area contributed by atoms with E-state index in [0.717, 1.165) is 16.6 Å². The van der Waals surface area contributed by atoms with E-state index in [1.54, 1.807) is 0 Å². The zero-order valence-corrected chi connectivity index (χ0v) is 24.6. The minimum atomic E-state index is -0.0671. The van der Waals surface area contributed by atoms with E-state index >= 15 is 0 Å². The molecule has 10 rings (SSSR count). The third-order valence-corrected chi connectivity index (χ3v) is 10.2. The molecule has 0 spiro atoms. The Kier molecular flexibility index (Phi) is 4.58. The van der Waals surface area contributed by atoms with Crippen molar-refractivity contribution in [1.29, 1.82) is 0 Å². The molecule has 8 aromatic carbocycles. The first-order chi connectivity index (χ1) is 21.6. The van der Waals surface area contributed by atoms with Crippen molar-refractivity contribution >= 4 is 65.0 Å². The molecule has 0 aliphatic heterocycles. The first-order valence-corrected chi connectivity index (χ1v) is 15.4. The molecule has 0 radical (unpaired) electrons. The summed E-state index contributed by atoms with van der Waals surface area (Å²) in [5.74, 6) is 0. The van der Waals surface area contributed by atoms with Crippen LogP contribution in [-0.2, 0) is 5.41 Å². The van der Waals surface area contributed by atoms with E-state index in [4.69, 9.17) is 4.42 Å². The first-order valence-electron chi connectivity index (χ1n) is 15.4. The number of hydrogen-bond donors (Lipinski definition) is 0. The van der Waals surface area contributed by atoms with Crippen LogP contribution in [0.1, 0.15) is 25.0 Å². The van der Waals surface area contributed by atoms with Crippen molar-refractivity contribution in [1.82, 2.24) is 0 Å². The summed E-state index contributed by atoms with van der Waals surface area (Å²) in [4.78, 5) is 0. The molecule has 0 amide bonds. The molecule has 0 fully saturated rings. The SMILES string of the molecule is CC1(C)c2ccccc2-c2c1cc(-c1ccc3c(c1)c1ccccc1c1cc4c(cc31)oc1ccccc14)c1ccccc21. The Balaban J connectivity index is 1.30. The molecular formula is C43H28O. The van der Waals surface area contributed by atoms with Crippen LogP contribution in [0.3, 0.4) is 0 Å². The van der Waals surface area contributed by atoms with Crippen molar-refractivity contribution in [3.63, 3.8) is 0 Å². The molecule has 206 valence electrons. The van der Waals surface area contributed by atoms with Gasteiger partial charge in [-0.05, 0) is 107 Å². The molecule has 1 heterocycles. The molecule has 1 aliphatic carbocycles. The molecule has 0 saturated carbocycles. The topological polar surface area (TPSA) is 13.1 Å². The van der Waals surface area contributed by atoms with Crippen LogP contribution in [0, 0.1) is 0 Å². The monoisotopic (exact) mass is 560 g/mol. The van der Waals surface area contributed by atoms with Gasteiger partial charge in [0.1, 0.15) is 11.2 Å². The van der Waals surface area contributed by atoms with E-state index < -0.39 is 0 Å². The highest BCUT2D eigenvalue weighted by atomic mass is 16.3. The number of benzene rings is 8. The zero-order chi connectivity index (χ0) is 29.2. The van der Waals surface area contributed by atoms with Gasteiger partial charge in [-0.3, -0.25) is 0 Å². The molecule has 0 unspecified atom stereocenters. The van der Waals surface area contributed by atoms with E-state index in [-0.39, 0.29) is 5.41 Å². The van der Waals surface area contributed by atoms with Gasteiger partial charge in [-0.1, -0.05) is 117 Å². The molecule has 0 bridgehead atoms. The molecule has 44 heavy (non-hydrogen) atoms. The van der Waals surface area contributed by atoms with Gasteiger partial charge in [0, 0.05) is 16.2 Å². The normalized spacial score (nSPS) is 13.9. The predicted molar refractivity (Wildman–Crippen MR) is 187 cm³/mol. The van der Waals surface area contributed by atoms with Gasteiger partial charge in [-0.2, -0.15) is 0 Å². The maximum atomic E-state index is 6.35. The molecule has 1 nitrogen and oxygen atoms in total. The Bertz CT molecular complexity index is 2680. The van der Waals surface area contributed by atoms with Crippen LogP contribution in [0.4, 0.5) is 0 Å². The van der Waals surface area contributed by atoms with Crippen LogP contribution in [0.25, 0.3) is 87.3 Å². The van der Waals surface area contributed by atoms with E-state index in [9.17, 15) is 0 Å². The summed E-state index contributed by atoms with van der Waals surface area (Å²) in [5, 5.41) is 12.5. The van der Waals surface area contributed by atoms with E-state index in [1.165, 1.54) is 81.9 Å². The van der Waals surface area contributed by atoms with Gasteiger partial charge in [0.25, 0.3) is 0 Å². The van der Waals surface area contributed by atoms with Gasteiger partial charge >= 0.3 is 0 Å². The first kappa shape index (κ1) is 24.1. The van der Waals surface area contributed by atoms with Crippen LogP contribution in [0.15, 0.2) is 138 Å². The smallest absolute Gasteiger partial charge is 0.136 e. The number of hydrogen-bond acceptors (Lipinski definition) is 1. The van der Waals surface area contributed by atoms with Gasteiger partial charge in [-0.25, -0.2) is 0 Å². The molecule has 0 N–H and O–H groups in total. The Morgan fingerprint density at radius 3 is 1.82 bits per heavy atom. The van der Waals surface area contributed by atoms with E-state index in [0.29, 0.717) is 0 Å². The Morgan fingerprint density at radius 2 is 1.00 bits per heavy atom. The second kappa shape index (κ2) is 8.36. The number of rotatable bonds is 1. The van der Waals surface area contributed by atoms with Crippen LogP contribution in [-0.4, -0.2) is 0 Å². The van der Waals surface area contributed by atoms with Gasteiger partial charge < -0.3 is 4.42 Å². The fourth-order valence-electron chi connectivity index (χ4n) is 8.13. The second-order valence-corrected chi connectivity index (χ2v) is 12.9. The van der Waals surface area contributed by atoms with Crippen molar-refractivity contribution in [2.75, 3.05) is 0 Å². The molecular weight excluding hydrogens is 532 g/mol. The predicted octanol–water partition coefficient (Wildman–Crippen LogP) is 12.2. The summed E-state index contributed by atoms with van der Waals surface area (Å²) < 4.78 is 6.35. The van der Waals surface area contributed by atoms with Crippen molar-refractivity contribution < 1.29 is 4.42 Å². The summed E-state index contributed by atoms with van der Waals surface area (Å²) in [5.41, 5.74) is 9.90. The molecule has 1 aromatic heterocycles. The minimum absolute atomic E-state index is 0.0671. The number of para-hydroxylation sites is 1. The van der Waals surface area contributed by atoms with Crippen LogP contribution in [0.2, 0.25) is 0 Å². The lowest BCUT2D eigenvalue weighted by molar-refractivity contribution is 0.661. The standard InChI is InChI=1S/C43H28O/c1-43(2)38-17-9-7-16-32(38)42-31-15-6-5-13-28(31)33(23-39(42)43)25-19-20-29-34(21-25)26-11-3-4-12-27(26)35-22-37-30-14-8-10-18-40(30)44-41(37)24-36(29)35/h3-24H,1-2H3. The van der Waals surface area contributed by atoms with Gasteiger partial charge in [0.2, 0.25) is 0 Å². The fourth-order valence-corrected chi connectivity index (χ4v) is 8.13. The fraction of sp³-hybridized carbons (Fsp3) is 0.0698. The lowest BCUT2D eigenvalue weighted by Crippen LogP contribution is -2.15. The molecule has 0 atom stereocenters. The Hall–Kier alpha value is -5.40. The number of furan rings is 1. The molecule has 9 aromatic rings. The van der Waals surface area contributed by atoms with Crippen molar-refractivity contribution in [3.8, 4) is 22.3 Å². The van der Waals surface area contributed by atoms with Crippen LogP contribution >= 0.6 is 0 Å². The lowest BCUT2D eigenvalue weighted by atomic mass is 9.80. The minimum Gasteiger partial charge on any atom is -0.456 e. The largest absolute Gasteiger partial charge is 0.456 e. The van der Waals surface area contributed by atoms with Gasteiger partial charge in [0.15, 0.2) is 0 Å².